The van der Waals surface area contributed by atoms with Crippen molar-refractivity contribution in [1.29, 1.82) is 0 Å². The van der Waals surface area contributed by atoms with Crippen LogP contribution in [0.15, 0.2) is 91.0 Å². The largest absolute Gasteiger partial charge is 0.494 e. The van der Waals surface area contributed by atoms with Crippen LogP contribution in [0.25, 0.3) is 53.9 Å². The van der Waals surface area contributed by atoms with E-state index in [4.69, 9.17) is 9.31 Å². The molecule has 0 saturated carbocycles. The van der Waals surface area contributed by atoms with Crippen molar-refractivity contribution in [2.75, 3.05) is 0 Å². The van der Waals surface area contributed by atoms with Gasteiger partial charge in [0.25, 0.3) is 0 Å². The van der Waals surface area contributed by atoms with Crippen LogP contribution in [0, 0.1) is 0 Å². The highest BCUT2D eigenvalue weighted by Crippen LogP contribution is 2.44. The molecule has 0 spiro atoms. The Morgan fingerprint density at radius 1 is 0.457 bits per heavy atom. The van der Waals surface area contributed by atoms with E-state index < -0.39 is 7.12 Å². The van der Waals surface area contributed by atoms with E-state index in [2.05, 4.69) is 119 Å². The van der Waals surface area contributed by atoms with Crippen molar-refractivity contribution in [1.82, 2.24) is 0 Å². The van der Waals surface area contributed by atoms with Crippen LogP contribution >= 0.6 is 0 Å². The molecule has 1 aliphatic rings. The third kappa shape index (κ3) is 2.86. The van der Waals surface area contributed by atoms with E-state index in [1.165, 1.54) is 53.9 Å². The maximum atomic E-state index is 6.43. The summed E-state index contributed by atoms with van der Waals surface area (Å²) < 4.78 is 12.9. The summed E-state index contributed by atoms with van der Waals surface area (Å²) in [5.74, 6) is 0. The third-order valence-electron chi connectivity index (χ3n) is 8.26. The fourth-order valence-electron chi connectivity index (χ4n) is 5.77. The number of hydrogen-bond donors (Lipinski definition) is 0. The van der Waals surface area contributed by atoms with E-state index in [0.29, 0.717) is 0 Å². The van der Waals surface area contributed by atoms with Gasteiger partial charge in [0.15, 0.2) is 0 Å². The predicted molar refractivity (Wildman–Crippen MR) is 150 cm³/mol. The predicted octanol–water partition coefficient (Wildman–Crippen LogP) is 7.75. The Morgan fingerprint density at radius 3 is 1.29 bits per heavy atom. The summed E-state index contributed by atoms with van der Waals surface area (Å²) in [6, 6.07) is 33.1. The van der Waals surface area contributed by atoms with Crippen LogP contribution in [-0.4, -0.2) is 18.3 Å². The Bertz CT molecular complexity index is 1780. The molecule has 0 bridgehead atoms. The lowest BCUT2D eigenvalue weighted by molar-refractivity contribution is 0.00578. The standard InChI is InChI=1S/C32H27BO2/c1-31(2)32(3,4)35-33(34-31)20-17-18-24-23-13-7-9-15-26(23)29-25-14-8-5-11-21(25)22-12-6-10-16-27(22)30(29)28(24)19-20/h5-19H,1-4H3. The molecule has 170 valence electrons. The normalized spacial score (nSPS) is 17.3. The molecule has 3 heteroatoms. The first-order chi connectivity index (χ1) is 16.9. The molecule has 0 radical (unpaired) electrons. The Labute approximate surface area is 205 Å². The molecule has 6 aromatic carbocycles. The fraction of sp³-hybridized carbons (Fsp3) is 0.188. The molecule has 0 aliphatic carbocycles. The van der Waals surface area contributed by atoms with Crippen molar-refractivity contribution in [3.05, 3.63) is 91.0 Å². The molecule has 0 unspecified atom stereocenters. The molecule has 6 aromatic rings. The average molecular weight is 454 g/mol. The van der Waals surface area contributed by atoms with Gasteiger partial charge in [0.2, 0.25) is 0 Å². The van der Waals surface area contributed by atoms with Crippen molar-refractivity contribution in [2.45, 2.75) is 38.9 Å². The van der Waals surface area contributed by atoms with Gasteiger partial charge in [-0.3, -0.25) is 0 Å². The number of fused-ring (bicyclic) bond motifs is 11. The molecular weight excluding hydrogens is 427 g/mol. The minimum Gasteiger partial charge on any atom is -0.399 e. The van der Waals surface area contributed by atoms with E-state index in [1.807, 2.05) is 0 Å². The van der Waals surface area contributed by atoms with Crippen LogP contribution in [0.4, 0.5) is 0 Å². The highest BCUT2D eigenvalue weighted by Gasteiger charge is 2.51. The Balaban J connectivity index is 1.67. The third-order valence-corrected chi connectivity index (χ3v) is 8.26. The lowest BCUT2D eigenvalue weighted by atomic mass is 9.77. The van der Waals surface area contributed by atoms with Crippen LogP contribution in [0.2, 0.25) is 0 Å². The van der Waals surface area contributed by atoms with Crippen LogP contribution < -0.4 is 5.46 Å². The van der Waals surface area contributed by atoms with Gasteiger partial charge in [-0.2, -0.15) is 0 Å². The molecule has 7 rings (SSSR count). The minimum atomic E-state index is -0.391. The van der Waals surface area contributed by atoms with Gasteiger partial charge in [-0.15, -0.1) is 0 Å². The van der Waals surface area contributed by atoms with E-state index in [1.54, 1.807) is 0 Å². The Morgan fingerprint density at radius 2 is 0.829 bits per heavy atom. The summed E-state index contributed by atoms with van der Waals surface area (Å²) in [6.45, 7) is 8.43. The van der Waals surface area contributed by atoms with Gasteiger partial charge in [0.1, 0.15) is 0 Å². The second-order valence-corrected chi connectivity index (χ2v) is 10.8. The van der Waals surface area contributed by atoms with Gasteiger partial charge in [-0.25, -0.2) is 0 Å². The zero-order valence-corrected chi connectivity index (χ0v) is 20.6. The summed E-state index contributed by atoms with van der Waals surface area (Å²) in [7, 11) is -0.391. The molecule has 1 saturated heterocycles. The van der Waals surface area contributed by atoms with E-state index in [0.717, 1.165) is 5.46 Å². The molecule has 1 heterocycles. The average Bonchev–Trinajstić information content (AvgIpc) is 3.10. The van der Waals surface area contributed by atoms with Crippen molar-refractivity contribution in [3.8, 4) is 0 Å². The molecule has 2 nitrogen and oxygen atoms in total. The Kier molecular flexibility index (Phi) is 4.23. The zero-order chi connectivity index (χ0) is 23.9. The quantitative estimate of drug-likeness (QED) is 0.187. The number of rotatable bonds is 1. The molecule has 35 heavy (non-hydrogen) atoms. The van der Waals surface area contributed by atoms with Crippen molar-refractivity contribution in [3.63, 3.8) is 0 Å². The van der Waals surface area contributed by atoms with E-state index >= 15 is 0 Å². The Hall–Kier alpha value is -3.40. The SMILES string of the molecule is CC1(C)OB(c2ccc3c4ccccc4c4c5ccccc5c5ccccc5c4c3c2)OC1(C)C. The van der Waals surface area contributed by atoms with Crippen LogP contribution in [-0.2, 0) is 9.31 Å². The molecular formula is C32H27BO2. The van der Waals surface area contributed by atoms with Gasteiger partial charge in [-0.05, 0) is 87.0 Å². The smallest absolute Gasteiger partial charge is 0.399 e. The molecule has 1 aliphatic heterocycles. The zero-order valence-electron chi connectivity index (χ0n) is 20.6. The van der Waals surface area contributed by atoms with Crippen molar-refractivity contribution >= 4 is 66.4 Å². The summed E-state index contributed by atoms with van der Waals surface area (Å²) in [5.41, 5.74) is 0.312. The van der Waals surface area contributed by atoms with Gasteiger partial charge >= 0.3 is 7.12 Å². The van der Waals surface area contributed by atoms with Crippen LogP contribution in [0.5, 0.6) is 0 Å². The van der Waals surface area contributed by atoms with Crippen molar-refractivity contribution in [2.24, 2.45) is 0 Å². The topological polar surface area (TPSA) is 18.5 Å². The van der Waals surface area contributed by atoms with Gasteiger partial charge in [-0.1, -0.05) is 91.0 Å². The molecule has 0 amide bonds. The van der Waals surface area contributed by atoms with Gasteiger partial charge in [0.05, 0.1) is 11.2 Å². The maximum absolute atomic E-state index is 6.43. The molecule has 0 N–H and O–H groups in total. The van der Waals surface area contributed by atoms with Gasteiger partial charge < -0.3 is 9.31 Å². The van der Waals surface area contributed by atoms with Crippen LogP contribution in [0.3, 0.4) is 0 Å². The molecule has 0 aromatic heterocycles. The first-order valence-corrected chi connectivity index (χ1v) is 12.4. The minimum absolute atomic E-state index is 0.374. The summed E-state index contributed by atoms with van der Waals surface area (Å²) in [6.07, 6.45) is 0. The lowest BCUT2D eigenvalue weighted by Crippen LogP contribution is -2.41. The number of benzene rings is 6. The van der Waals surface area contributed by atoms with Gasteiger partial charge in [0, 0.05) is 0 Å². The first kappa shape index (κ1) is 20.9. The highest BCUT2D eigenvalue weighted by atomic mass is 16.7. The lowest BCUT2D eigenvalue weighted by Gasteiger charge is -2.32. The summed E-state index contributed by atoms with van der Waals surface area (Å²) in [4.78, 5) is 0. The second-order valence-electron chi connectivity index (χ2n) is 10.8. The van der Waals surface area contributed by atoms with E-state index in [-0.39, 0.29) is 11.2 Å². The molecule has 1 fully saturated rings. The maximum Gasteiger partial charge on any atom is 0.494 e. The first-order valence-electron chi connectivity index (χ1n) is 12.4. The molecule has 0 atom stereocenters. The van der Waals surface area contributed by atoms with Crippen molar-refractivity contribution < 1.29 is 9.31 Å². The van der Waals surface area contributed by atoms with E-state index in [9.17, 15) is 0 Å². The number of hydrogen-bond acceptors (Lipinski definition) is 2. The summed E-state index contributed by atoms with van der Waals surface area (Å²) in [5, 5.41) is 12.8. The summed E-state index contributed by atoms with van der Waals surface area (Å²) >= 11 is 0. The fourth-order valence-corrected chi connectivity index (χ4v) is 5.77. The van der Waals surface area contributed by atoms with Crippen LogP contribution in [0.1, 0.15) is 27.7 Å². The monoisotopic (exact) mass is 454 g/mol. The second kappa shape index (κ2) is 7.07. The highest BCUT2D eigenvalue weighted by molar-refractivity contribution is 6.62.